The van der Waals surface area contributed by atoms with Crippen LogP contribution in [0.2, 0.25) is 0 Å². The minimum atomic E-state index is 0. The van der Waals surface area contributed by atoms with Crippen molar-refractivity contribution in [2.45, 2.75) is 0 Å². The summed E-state index contributed by atoms with van der Waals surface area (Å²) in [5.74, 6) is 0. The first kappa shape index (κ1) is 43.1. The van der Waals surface area contributed by atoms with E-state index in [0.717, 1.165) is 0 Å². The number of hydrogen-bond donors (Lipinski definition) is 6. The molecule has 1 radical (unpaired) electrons. The van der Waals surface area contributed by atoms with Gasteiger partial charge < -0.3 is 27.9 Å². The van der Waals surface area contributed by atoms with Crippen molar-refractivity contribution in [3.8, 4) is 0 Å². The van der Waals surface area contributed by atoms with E-state index >= 15 is 0 Å². The Morgan fingerprint density at radius 1 is 0.263 bits per heavy atom. The van der Waals surface area contributed by atoms with Crippen LogP contribution in [0.3, 0.4) is 0 Å². The van der Waals surface area contributed by atoms with E-state index in [1.165, 1.54) is 125 Å². The van der Waals surface area contributed by atoms with Crippen LogP contribution in [0.25, 0.3) is 0 Å². The minimum Gasteiger partial charge on any atom is -0.374 e. The normalized spacial score (nSPS) is 7.58. The van der Waals surface area contributed by atoms with Crippen LogP contribution in [0.1, 0.15) is 0 Å². The van der Waals surface area contributed by atoms with Crippen LogP contribution in [0, 0.1) is 0 Å². The molecule has 0 amide bonds. The van der Waals surface area contributed by atoms with Crippen molar-refractivity contribution in [1.82, 2.24) is 27.9 Å². The molecule has 6 N–H and O–H groups in total. The van der Waals surface area contributed by atoms with Gasteiger partial charge in [0.2, 0.25) is 0 Å². The molecule has 0 rings (SSSR count). The average molecular weight is 470 g/mol. The Bertz CT molecular complexity index is 37.7. The van der Waals surface area contributed by atoms with Gasteiger partial charge in [-0.3, -0.25) is 0 Å². The maximum atomic E-state index is 3.03. The Morgan fingerprint density at radius 2 is 0.263 bits per heavy atom. The quantitative estimate of drug-likeness (QED) is 0.198. The Hall–Kier alpha value is 2.96. The van der Waals surface area contributed by atoms with Crippen LogP contribution in [0.5, 0.6) is 0 Å². The van der Waals surface area contributed by atoms with E-state index in [9.17, 15) is 0 Å². The molecule has 0 aromatic heterocycles. The molecule has 0 spiro atoms. The Labute approximate surface area is 170 Å². The zero-order valence-corrected chi connectivity index (χ0v) is 40.0. The van der Waals surface area contributed by atoms with Gasteiger partial charge in [-0.2, -0.15) is 0 Å². The van der Waals surface area contributed by atoms with Gasteiger partial charge in [0.05, 0.1) is 125 Å². The second kappa shape index (κ2) is 104. The Morgan fingerprint density at radius 3 is 0.263 bits per heavy atom. The standard InChI is InChI=1S/Li.6H7NSi2/c;6*2-1-3/h;6*1H,2-3H3. The summed E-state index contributed by atoms with van der Waals surface area (Å²) in [7, 11) is 14.2. The second-order valence-electron chi connectivity index (χ2n) is 3.00. The van der Waals surface area contributed by atoms with Crippen molar-refractivity contribution in [3.05, 3.63) is 0 Å². The third-order valence-corrected chi connectivity index (χ3v) is 0. The van der Waals surface area contributed by atoms with E-state index in [1.807, 2.05) is 0 Å². The molecule has 0 unspecified atom stereocenters. The molecular weight excluding hydrogens is 428 g/mol. The molecule has 19 heteroatoms. The zero-order valence-electron chi connectivity index (χ0n) is 16.0. The molecule has 121 valence electrons. The summed E-state index contributed by atoms with van der Waals surface area (Å²) < 4.78 is 18.2. The van der Waals surface area contributed by atoms with Crippen molar-refractivity contribution >= 4 is 144 Å². The topological polar surface area (TPSA) is 72.2 Å². The zero-order chi connectivity index (χ0) is 16.2. The second-order valence-corrected chi connectivity index (χ2v) is 27.0. The molecule has 0 aliphatic heterocycles. The molecule has 0 fully saturated rings. The van der Waals surface area contributed by atoms with Gasteiger partial charge in [-0.1, -0.05) is 0 Å². The monoisotopic (exact) mass is 469 g/mol. The Balaban J connectivity index is -0.0000000180. The molecule has 0 atom stereocenters. The molecule has 6 nitrogen and oxygen atoms in total. The molecule has 0 heterocycles. The third-order valence-electron chi connectivity index (χ3n) is 0. The van der Waals surface area contributed by atoms with Crippen molar-refractivity contribution in [3.63, 3.8) is 0 Å². The minimum absolute atomic E-state index is 0. The van der Waals surface area contributed by atoms with Gasteiger partial charge in [0.15, 0.2) is 0 Å². The van der Waals surface area contributed by atoms with E-state index in [2.05, 4.69) is 27.9 Å². The predicted octanol–water partition coefficient (Wildman–Crippen LogP) is -17.6. The van der Waals surface area contributed by atoms with E-state index < -0.39 is 0 Å². The van der Waals surface area contributed by atoms with Crippen LogP contribution in [-0.4, -0.2) is 144 Å². The van der Waals surface area contributed by atoms with Crippen LogP contribution >= 0.6 is 0 Å². The maximum absolute atomic E-state index is 3.03. The van der Waals surface area contributed by atoms with Gasteiger partial charge in [0.25, 0.3) is 0 Å². The number of rotatable bonds is 0. The summed E-state index contributed by atoms with van der Waals surface area (Å²) in [4.78, 5) is 0. The Kier molecular flexibility index (Phi) is 236. The summed E-state index contributed by atoms with van der Waals surface area (Å²) in [6.07, 6.45) is 0. The van der Waals surface area contributed by atoms with Gasteiger partial charge in [-0.15, -0.1) is 0 Å². The van der Waals surface area contributed by atoms with Crippen molar-refractivity contribution in [2.24, 2.45) is 0 Å². The van der Waals surface area contributed by atoms with Crippen molar-refractivity contribution in [2.75, 3.05) is 0 Å². The number of nitrogens with one attached hydrogen (secondary N) is 6. The molecule has 19 heavy (non-hydrogen) atoms. The van der Waals surface area contributed by atoms with Gasteiger partial charge in [0.1, 0.15) is 0 Å². The first-order valence-corrected chi connectivity index (χ1v) is 18.0. The smallest absolute Gasteiger partial charge is 0.0670 e. The fourth-order valence-corrected chi connectivity index (χ4v) is 0. The molecule has 0 bridgehead atoms. The van der Waals surface area contributed by atoms with Crippen LogP contribution in [-0.2, 0) is 0 Å². The molecular formula is H42LiN6Si12. The summed E-state index contributed by atoms with van der Waals surface area (Å²) in [6.45, 7) is 0. The SMILES string of the molecule is [Li].[SiH3]N[SiH3].[SiH3]N[SiH3].[SiH3]N[SiH3].[SiH3]N[SiH3].[SiH3]N[SiH3].[SiH3]N[SiH3]. The maximum Gasteiger partial charge on any atom is 0.0670 e. The predicted molar refractivity (Wildman–Crippen MR) is 144 cm³/mol. The average Bonchev–Trinajstić information content (AvgIpc) is 2.23. The molecule has 0 saturated heterocycles. The first-order chi connectivity index (χ1) is 8.49. The van der Waals surface area contributed by atoms with Gasteiger partial charge in [0, 0.05) is 18.9 Å². The first-order valence-electron chi connectivity index (χ1n) is 6.00. The molecule has 0 aromatic rings. The van der Waals surface area contributed by atoms with Crippen molar-refractivity contribution in [1.29, 1.82) is 0 Å². The molecule has 0 aromatic carbocycles. The fourth-order valence-electron chi connectivity index (χ4n) is 0. The van der Waals surface area contributed by atoms with Crippen LogP contribution in [0.4, 0.5) is 0 Å². The molecule has 0 aliphatic carbocycles. The largest absolute Gasteiger partial charge is 0.374 e. The summed E-state index contributed by atoms with van der Waals surface area (Å²) in [5, 5.41) is 0. The molecule has 0 saturated carbocycles. The fraction of sp³-hybridized carbons (Fsp3) is 0. The van der Waals surface area contributed by atoms with E-state index in [-0.39, 0.29) is 18.9 Å². The molecule has 0 aliphatic rings. The van der Waals surface area contributed by atoms with Crippen LogP contribution < -0.4 is 27.9 Å². The summed E-state index contributed by atoms with van der Waals surface area (Å²) in [5.41, 5.74) is 0. The summed E-state index contributed by atoms with van der Waals surface area (Å²) >= 11 is 0. The third kappa shape index (κ3) is 860. The van der Waals surface area contributed by atoms with E-state index in [1.54, 1.807) is 0 Å². The van der Waals surface area contributed by atoms with Gasteiger partial charge in [-0.05, 0) is 0 Å². The number of hydrogen-bond acceptors (Lipinski definition) is 6. The van der Waals surface area contributed by atoms with Gasteiger partial charge >= 0.3 is 0 Å². The van der Waals surface area contributed by atoms with Gasteiger partial charge in [-0.25, -0.2) is 0 Å². The van der Waals surface area contributed by atoms with E-state index in [4.69, 9.17) is 0 Å². The van der Waals surface area contributed by atoms with Crippen LogP contribution in [0.15, 0.2) is 0 Å². The van der Waals surface area contributed by atoms with E-state index in [0.29, 0.717) is 0 Å². The van der Waals surface area contributed by atoms with Crippen molar-refractivity contribution < 1.29 is 0 Å². The summed E-state index contributed by atoms with van der Waals surface area (Å²) in [6, 6.07) is 0.